The fourth-order valence-corrected chi connectivity index (χ4v) is 1.18. The summed E-state index contributed by atoms with van der Waals surface area (Å²) in [4.78, 5) is 0. The van der Waals surface area contributed by atoms with Crippen LogP contribution >= 0.6 is 0 Å². The summed E-state index contributed by atoms with van der Waals surface area (Å²) in [6, 6.07) is 4.16. The van der Waals surface area contributed by atoms with E-state index in [2.05, 4.69) is 41.1 Å². The summed E-state index contributed by atoms with van der Waals surface area (Å²) in [5.74, 6) is 2.55. The maximum atomic E-state index is 5.12. The van der Waals surface area contributed by atoms with Crippen molar-refractivity contribution in [2.24, 2.45) is 0 Å². The average Bonchev–Trinajstić information content (AvgIpc) is 2.52. The van der Waals surface area contributed by atoms with Gasteiger partial charge in [-0.25, -0.2) is 0 Å². The summed E-state index contributed by atoms with van der Waals surface area (Å²) in [5, 5.41) is 3.16. The molecule has 1 rings (SSSR count). The molecule has 1 heterocycles. The van der Waals surface area contributed by atoms with E-state index in [0.29, 0.717) is 6.54 Å². The Morgan fingerprint density at radius 1 is 1.67 bits per heavy atom. The fourth-order valence-electron chi connectivity index (χ4n) is 1.18. The first-order valence-electron chi connectivity index (χ1n) is 4.16. The molecule has 0 aliphatic rings. The van der Waals surface area contributed by atoms with E-state index in [0.717, 1.165) is 13.1 Å². The van der Waals surface area contributed by atoms with Crippen molar-refractivity contribution < 1.29 is 0 Å². The van der Waals surface area contributed by atoms with E-state index in [1.807, 2.05) is 0 Å². The van der Waals surface area contributed by atoms with Crippen molar-refractivity contribution in [2.45, 2.75) is 20.0 Å². The van der Waals surface area contributed by atoms with Crippen molar-refractivity contribution in [1.82, 2.24) is 9.88 Å². The molecule has 0 amide bonds. The Bertz CT molecular complexity index is 268. The lowest BCUT2D eigenvalue weighted by Gasteiger charge is -2.05. The molecule has 0 bridgehead atoms. The van der Waals surface area contributed by atoms with E-state index in [4.69, 9.17) is 6.42 Å². The molecule has 0 aliphatic heterocycles. The summed E-state index contributed by atoms with van der Waals surface area (Å²) in [6.45, 7) is 4.63. The lowest BCUT2D eigenvalue weighted by Crippen LogP contribution is -2.15. The highest BCUT2D eigenvalue weighted by atomic mass is 15.0. The van der Waals surface area contributed by atoms with Crippen LogP contribution in [0.15, 0.2) is 18.3 Å². The minimum Gasteiger partial charge on any atom is -0.351 e. The molecule has 2 heteroatoms. The third-order valence-electron chi connectivity index (χ3n) is 1.80. The normalized spacial score (nSPS) is 9.67. The molecule has 0 aliphatic carbocycles. The van der Waals surface area contributed by atoms with Gasteiger partial charge >= 0.3 is 0 Å². The maximum absolute atomic E-state index is 5.12. The molecule has 0 aromatic carbocycles. The first-order chi connectivity index (χ1) is 5.88. The molecule has 0 saturated carbocycles. The van der Waals surface area contributed by atoms with Gasteiger partial charge in [0.25, 0.3) is 0 Å². The SMILES string of the molecule is C#CCNCc1cccn1CC. The second kappa shape index (κ2) is 4.63. The van der Waals surface area contributed by atoms with Gasteiger partial charge in [-0.1, -0.05) is 5.92 Å². The quantitative estimate of drug-likeness (QED) is 0.520. The summed E-state index contributed by atoms with van der Waals surface area (Å²) in [6.07, 6.45) is 7.20. The van der Waals surface area contributed by atoms with Crippen LogP contribution in [0.2, 0.25) is 0 Å². The predicted octanol–water partition coefficient (Wildman–Crippen LogP) is 1.23. The molecule has 1 aromatic rings. The van der Waals surface area contributed by atoms with E-state index in [1.165, 1.54) is 5.69 Å². The topological polar surface area (TPSA) is 17.0 Å². The Morgan fingerprint density at radius 2 is 2.50 bits per heavy atom. The van der Waals surface area contributed by atoms with Crippen molar-refractivity contribution in [3.8, 4) is 12.3 Å². The van der Waals surface area contributed by atoms with Crippen LogP contribution in [0.25, 0.3) is 0 Å². The van der Waals surface area contributed by atoms with E-state index < -0.39 is 0 Å². The number of aromatic nitrogens is 1. The van der Waals surface area contributed by atoms with Crippen molar-refractivity contribution in [2.75, 3.05) is 6.54 Å². The van der Waals surface area contributed by atoms with Crippen molar-refractivity contribution >= 4 is 0 Å². The summed E-state index contributed by atoms with van der Waals surface area (Å²) < 4.78 is 2.20. The van der Waals surface area contributed by atoms with Crippen LogP contribution in [0.1, 0.15) is 12.6 Å². The van der Waals surface area contributed by atoms with Gasteiger partial charge in [-0.2, -0.15) is 0 Å². The first kappa shape index (κ1) is 8.89. The molecule has 0 atom stereocenters. The minimum atomic E-state index is 0.634. The van der Waals surface area contributed by atoms with Gasteiger partial charge in [-0.05, 0) is 19.1 Å². The molecule has 64 valence electrons. The van der Waals surface area contributed by atoms with Gasteiger partial charge in [0.2, 0.25) is 0 Å². The van der Waals surface area contributed by atoms with Crippen molar-refractivity contribution in [3.05, 3.63) is 24.0 Å². The molecule has 0 spiro atoms. The number of aryl methyl sites for hydroxylation is 1. The Balaban J connectivity index is 2.46. The van der Waals surface area contributed by atoms with Crippen molar-refractivity contribution in [3.63, 3.8) is 0 Å². The number of hydrogen-bond acceptors (Lipinski definition) is 1. The highest BCUT2D eigenvalue weighted by Gasteiger charge is 1.96. The van der Waals surface area contributed by atoms with Gasteiger partial charge in [0.15, 0.2) is 0 Å². The monoisotopic (exact) mass is 162 g/mol. The fraction of sp³-hybridized carbons (Fsp3) is 0.400. The first-order valence-corrected chi connectivity index (χ1v) is 4.16. The number of terminal acetylenes is 1. The molecule has 0 unspecified atom stereocenters. The summed E-state index contributed by atoms with van der Waals surface area (Å²) in [7, 11) is 0. The number of rotatable bonds is 4. The summed E-state index contributed by atoms with van der Waals surface area (Å²) in [5.41, 5.74) is 1.28. The van der Waals surface area contributed by atoms with Crippen LogP contribution in [-0.4, -0.2) is 11.1 Å². The molecule has 0 fully saturated rings. The largest absolute Gasteiger partial charge is 0.351 e. The maximum Gasteiger partial charge on any atom is 0.0576 e. The smallest absolute Gasteiger partial charge is 0.0576 e. The van der Waals surface area contributed by atoms with Crippen LogP contribution in [-0.2, 0) is 13.1 Å². The Hall–Kier alpha value is -1.20. The van der Waals surface area contributed by atoms with Gasteiger partial charge in [0, 0.05) is 25.0 Å². The predicted molar refractivity (Wildman–Crippen MR) is 50.6 cm³/mol. The summed E-state index contributed by atoms with van der Waals surface area (Å²) >= 11 is 0. The van der Waals surface area contributed by atoms with Gasteiger partial charge in [-0.3, -0.25) is 0 Å². The molecule has 12 heavy (non-hydrogen) atoms. The third-order valence-corrected chi connectivity index (χ3v) is 1.80. The minimum absolute atomic E-state index is 0.634. The Kier molecular flexibility index (Phi) is 3.43. The molecule has 2 nitrogen and oxygen atoms in total. The van der Waals surface area contributed by atoms with Gasteiger partial charge in [0.05, 0.1) is 6.54 Å². The Morgan fingerprint density at radius 3 is 3.17 bits per heavy atom. The number of hydrogen-bond donors (Lipinski definition) is 1. The van der Waals surface area contributed by atoms with Crippen LogP contribution in [0, 0.1) is 12.3 Å². The van der Waals surface area contributed by atoms with Gasteiger partial charge in [-0.15, -0.1) is 6.42 Å². The number of nitrogens with zero attached hydrogens (tertiary/aromatic N) is 1. The highest BCUT2D eigenvalue weighted by molar-refractivity contribution is 5.07. The van der Waals surface area contributed by atoms with Gasteiger partial charge in [0.1, 0.15) is 0 Å². The van der Waals surface area contributed by atoms with E-state index in [9.17, 15) is 0 Å². The second-order valence-electron chi connectivity index (χ2n) is 2.59. The van der Waals surface area contributed by atoms with E-state index in [1.54, 1.807) is 0 Å². The third kappa shape index (κ3) is 2.14. The lowest BCUT2D eigenvalue weighted by molar-refractivity contribution is 0.662. The zero-order valence-corrected chi connectivity index (χ0v) is 7.38. The van der Waals surface area contributed by atoms with Crippen LogP contribution < -0.4 is 5.32 Å². The number of nitrogens with one attached hydrogen (secondary N) is 1. The van der Waals surface area contributed by atoms with Crippen LogP contribution in [0.5, 0.6) is 0 Å². The highest BCUT2D eigenvalue weighted by Crippen LogP contribution is 2.00. The molecule has 1 N–H and O–H groups in total. The lowest BCUT2D eigenvalue weighted by atomic mass is 10.4. The Labute approximate surface area is 73.6 Å². The molecule has 0 saturated heterocycles. The standard InChI is InChI=1S/C10H14N2/c1-3-7-11-9-10-6-5-8-12(10)4-2/h1,5-6,8,11H,4,7,9H2,2H3. The molecular formula is C10H14N2. The zero-order valence-electron chi connectivity index (χ0n) is 7.38. The molecule has 0 radical (unpaired) electrons. The van der Waals surface area contributed by atoms with E-state index >= 15 is 0 Å². The van der Waals surface area contributed by atoms with Crippen LogP contribution in [0.4, 0.5) is 0 Å². The van der Waals surface area contributed by atoms with Crippen molar-refractivity contribution in [1.29, 1.82) is 0 Å². The van der Waals surface area contributed by atoms with Crippen LogP contribution in [0.3, 0.4) is 0 Å². The average molecular weight is 162 g/mol. The van der Waals surface area contributed by atoms with Gasteiger partial charge < -0.3 is 9.88 Å². The second-order valence-corrected chi connectivity index (χ2v) is 2.59. The zero-order chi connectivity index (χ0) is 8.81. The molecule has 1 aromatic heterocycles. The molecular weight excluding hydrogens is 148 g/mol. The van der Waals surface area contributed by atoms with E-state index in [-0.39, 0.29) is 0 Å².